The molecule has 134 valence electrons. The van der Waals surface area contributed by atoms with Crippen molar-refractivity contribution in [2.75, 3.05) is 13.2 Å². The highest BCUT2D eigenvalue weighted by Crippen LogP contribution is 2.14. The van der Waals surface area contributed by atoms with Crippen molar-refractivity contribution in [3.8, 4) is 0 Å². The molecule has 0 saturated carbocycles. The summed E-state index contributed by atoms with van der Waals surface area (Å²) in [6.07, 6.45) is 0.809. The summed E-state index contributed by atoms with van der Waals surface area (Å²) in [4.78, 5) is 25.9. The standard InChI is InChI=1S/C19H29NO4/c1-6-12-20(19(22)23-7-2)15(4)13-16(5)24-18(21)17-10-8-14(3)9-11-17/h8-11,15-16H,6-7,12-13H2,1-5H3. The van der Waals surface area contributed by atoms with Crippen molar-refractivity contribution in [2.24, 2.45) is 0 Å². The van der Waals surface area contributed by atoms with Crippen LogP contribution in [0, 0.1) is 6.92 Å². The fraction of sp³-hybridized carbons (Fsp3) is 0.579. The number of ether oxygens (including phenoxy) is 2. The molecule has 0 radical (unpaired) electrons. The first-order chi connectivity index (χ1) is 11.4. The van der Waals surface area contributed by atoms with Gasteiger partial charge in [0, 0.05) is 19.0 Å². The van der Waals surface area contributed by atoms with Gasteiger partial charge in [0.15, 0.2) is 0 Å². The first-order valence-electron chi connectivity index (χ1n) is 8.60. The number of carbonyl (C=O) groups excluding carboxylic acids is 2. The summed E-state index contributed by atoms with van der Waals surface area (Å²) in [5.74, 6) is -0.340. The van der Waals surface area contributed by atoms with Crippen molar-refractivity contribution in [2.45, 2.75) is 59.6 Å². The number of benzene rings is 1. The third-order valence-corrected chi connectivity index (χ3v) is 3.77. The van der Waals surface area contributed by atoms with Crippen LogP contribution in [0.3, 0.4) is 0 Å². The van der Waals surface area contributed by atoms with Crippen molar-refractivity contribution in [1.82, 2.24) is 4.90 Å². The molecule has 0 aromatic heterocycles. The van der Waals surface area contributed by atoms with E-state index >= 15 is 0 Å². The van der Waals surface area contributed by atoms with Gasteiger partial charge in [-0.1, -0.05) is 24.6 Å². The van der Waals surface area contributed by atoms with Crippen LogP contribution in [-0.2, 0) is 9.47 Å². The van der Waals surface area contributed by atoms with Gasteiger partial charge in [0.05, 0.1) is 12.2 Å². The number of rotatable bonds is 8. The number of hydrogen-bond donors (Lipinski definition) is 0. The summed E-state index contributed by atoms with van der Waals surface area (Å²) in [7, 11) is 0. The van der Waals surface area contributed by atoms with E-state index in [-0.39, 0.29) is 24.2 Å². The van der Waals surface area contributed by atoms with Crippen molar-refractivity contribution < 1.29 is 19.1 Å². The van der Waals surface area contributed by atoms with Gasteiger partial charge in [0.25, 0.3) is 0 Å². The lowest BCUT2D eigenvalue weighted by Crippen LogP contribution is -2.41. The van der Waals surface area contributed by atoms with E-state index in [9.17, 15) is 9.59 Å². The molecule has 0 fully saturated rings. The smallest absolute Gasteiger partial charge is 0.409 e. The lowest BCUT2D eigenvalue weighted by Gasteiger charge is -2.29. The van der Waals surface area contributed by atoms with Crippen LogP contribution in [-0.4, -0.2) is 42.3 Å². The van der Waals surface area contributed by atoms with Crippen LogP contribution in [0.5, 0.6) is 0 Å². The summed E-state index contributed by atoms with van der Waals surface area (Å²) in [6, 6.07) is 7.22. The lowest BCUT2D eigenvalue weighted by molar-refractivity contribution is 0.0250. The van der Waals surface area contributed by atoms with Gasteiger partial charge in [-0.15, -0.1) is 0 Å². The van der Waals surface area contributed by atoms with Gasteiger partial charge in [-0.25, -0.2) is 9.59 Å². The number of amides is 1. The predicted octanol–water partition coefficient (Wildman–Crippen LogP) is 4.19. The van der Waals surface area contributed by atoms with E-state index in [0.29, 0.717) is 25.1 Å². The topological polar surface area (TPSA) is 55.8 Å². The monoisotopic (exact) mass is 335 g/mol. The maximum absolute atomic E-state index is 12.2. The van der Waals surface area contributed by atoms with Gasteiger partial charge < -0.3 is 14.4 Å². The molecular weight excluding hydrogens is 306 g/mol. The zero-order valence-corrected chi connectivity index (χ0v) is 15.4. The molecule has 1 amide bonds. The summed E-state index contributed by atoms with van der Waals surface area (Å²) in [5, 5.41) is 0. The molecule has 2 atom stereocenters. The van der Waals surface area contributed by atoms with E-state index < -0.39 is 0 Å². The summed E-state index contributed by atoms with van der Waals surface area (Å²) in [6.45, 7) is 10.5. The second kappa shape index (κ2) is 9.96. The molecule has 0 aliphatic carbocycles. The minimum Gasteiger partial charge on any atom is -0.459 e. The first kappa shape index (κ1) is 20.0. The third kappa shape index (κ3) is 6.22. The van der Waals surface area contributed by atoms with E-state index in [4.69, 9.17) is 9.47 Å². The molecule has 1 aromatic carbocycles. The molecule has 24 heavy (non-hydrogen) atoms. The van der Waals surface area contributed by atoms with Gasteiger partial charge >= 0.3 is 12.1 Å². The van der Waals surface area contributed by atoms with Gasteiger partial charge in [0.2, 0.25) is 0 Å². The SMILES string of the molecule is CCCN(C(=O)OCC)C(C)CC(C)OC(=O)c1ccc(C)cc1. The van der Waals surface area contributed by atoms with E-state index in [1.807, 2.05) is 39.8 Å². The van der Waals surface area contributed by atoms with Crippen molar-refractivity contribution in [1.29, 1.82) is 0 Å². The normalized spacial score (nSPS) is 13.0. The van der Waals surface area contributed by atoms with E-state index in [1.165, 1.54) is 0 Å². The highest BCUT2D eigenvalue weighted by atomic mass is 16.6. The number of nitrogens with zero attached hydrogens (tertiary/aromatic N) is 1. The molecule has 0 heterocycles. The molecule has 0 aliphatic rings. The van der Waals surface area contributed by atoms with Crippen LogP contribution < -0.4 is 0 Å². The zero-order valence-electron chi connectivity index (χ0n) is 15.4. The van der Waals surface area contributed by atoms with Crippen molar-refractivity contribution in [3.05, 3.63) is 35.4 Å². The minimum absolute atomic E-state index is 0.0650. The summed E-state index contributed by atoms with van der Waals surface area (Å²) in [5.41, 5.74) is 1.63. The van der Waals surface area contributed by atoms with Crippen LogP contribution in [0.2, 0.25) is 0 Å². The summed E-state index contributed by atoms with van der Waals surface area (Å²) < 4.78 is 10.6. The second-order valence-electron chi connectivity index (χ2n) is 6.06. The Morgan fingerprint density at radius 3 is 2.29 bits per heavy atom. The highest BCUT2D eigenvalue weighted by Gasteiger charge is 2.23. The van der Waals surface area contributed by atoms with Crippen molar-refractivity contribution >= 4 is 12.1 Å². The largest absolute Gasteiger partial charge is 0.459 e. The van der Waals surface area contributed by atoms with Crippen LogP contribution in [0.15, 0.2) is 24.3 Å². The number of carbonyl (C=O) groups is 2. The fourth-order valence-electron chi connectivity index (χ4n) is 2.54. The number of esters is 1. The molecule has 0 N–H and O–H groups in total. The Balaban J connectivity index is 2.60. The Bertz CT molecular complexity index is 527. The van der Waals surface area contributed by atoms with Crippen LogP contribution in [0.25, 0.3) is 0 Å². The summed E-state index contributed by atoms with van der Waals surface area (Å²) >= 11 is 0. The zero-order chi connectivity index (χ0) is 18.1. The second-order valence-corrected chi connectivity index (χ2v) is 6.06. The van der Waals surface area contributed by atoms with E-state index in [2.05, 4.69) is 0 Å². The Hall–Kier alpha value is -2.04. The molecule has 5 heteroatoms. The van der Waals surface area contributed by atoms with Gasteiger partial charge in [-0.05, 0) is 46.2 Å². The maximum atomic E-state index is 12.2. The Morgan fingerprint density at radius 1 is 1.12 bits per heavy atom. The molecule has 1 rings (SSSR count). The average Bonchev–Trinajstić information content (AvgIpc) is 2.52. The first-order valence-corrected chi connectivity index (χ1v) is 8.60. The Kier molecular flexibility index (Phi) is 8.30. The van der Waals surface area contributed by atoms with Gasteiger partial charge in [-0.2, -0.15) is 0 Å². The number of hydrogen-bond acceptors (Lipinski definition) is 4. The highest BCUT2D eigenvalue weighted by molar-refractivity contribution is 5.89. The Labute approximate surface area is 144 Å². The predicted molar refractivity (Wildman–Crippen MR) is 94.2 cm³/mol. The molecular formula is C19H29NO4. The maximum Gasteiger partial charge on any atom is 0.409 e. The molecule has 2 unspecified atom stereocenters. The minimum atomic E-state index is -0.340. The lowest BCUT2D eigenvalue weighted by atomic mass is 10.1. The molecule has 0 saturated heterocycles. The molecule has 5 nitrogen and oxygen atoms in total. The quantitative estimate of drug-likeness (QED) is 0.669. The molecule has 1 aromatic rings. The van der Waals surface area contributed by atoms with Crippen LogP contribution >= 0.6 is 0 Å². The van der Waals surface area contributed by atoms with Crippen LogP contribution in [0.1, 0.15) is 56.5 Å². The fourth-order valence-corrected chi connectivity index (χ4v) is 2.54. The third-order valence-electron chi connectivity index (χ3n) is 3.77. The van der Waals surface area contributed by atoms with Crippen LogP contribution in [0.4, 0.5) is 4.79 Å². The molecule has 0 spiro atoms. The average molecular weight is 335 g/mol. The van der Waals surface area contributed by atoms with Gasteiger partial charge in [0.1, 0.15) is 6.10 Å². The molecule has 0 aliphatic heterocycles. The van der Waals surface area contributed by atoms with E-state index in [1.54, 1.807) is 24.0 Å². The van der Waals surface area contributed by atoms with Crippen molar-refractivity contribution in [3.63, 3.8) is 0 Å². The van der Waals surface area contributed by atoms with E-state index in [0.717, 1.165) is 12.0 Å². The molecule has 0 bridgehead atoms. The Morgan fingerprint density at radius 2 is 1.75 bits per heavy atom. The number of aryl methyl sites for hydroxylation is 1. The van der Waals surface area contributed by atoms with Gasteiger partial charge in [-0.3, -0.25) is 0 Å².